The molecule has 1 nitrogen and oxygen atoms in total. The molecule has 142 valence electrons. The number of benzene rings is 4. The molecule has 5 rings (SSSR count). The van der Waals surface area contributed by atoms with Crippen LogP contribution >= 0.6 is 0 Å². The zero-order valence-corrected chi connectivity index (χ0v) is 17.2. The molecular formula is C28H25N. The van der Waals surface area contributed by atoms with E-state index in [4.69, 9.17) is 0 Å². The van der Waals surface area contributed by atoms with Gasteiger partial charge in [-0.2, -0.15) is 0 Å². The first-order valence-corrected chi connectivity index (χ1v) is 10.2. The lowest BCUT2D eigenvalue weighted by molar-refractivity contribution is 0.660. The first kappa shape index (κ1) is 17.8. The number of anilines is 2. The third kappa shape index (κ3) is 2.94. The van der Waals surface area contributed by atoms with Gasteiger partial charge in [0.2, 0.25) is 0 Å². The summed E-state index contributed by atoms with van der Waals surface area (Å²) in [6.45, 7) is 6.87. The summed E-state index contributed by atoms with van der Waals surface area (Å²) in [6.07, 6.45) is 0. The summed E-state index contributed by atoms with van der Waals surface area (Å²) in [5.74, 6) is 0. The zero-order valence-electron chi connectivity index (χ0n) is 17.2. The highest BCUT2D eigenvalue weighted by atomic mass is 14.9. The van der Waals surface area contributed by atoms with Crippen LogP contribution < -0.4 is 5.32 Å². The fourth-order valence-corrected chi connectivity index (χ4v) is 4.59. The lowest BCUT2D eigenvalue weighted by atomic mass is 9.82. The van der Waals surface area contributed by atoms with Gasteiger partial charge in [0.25, 0.3) is 0 Å². The number of hydrogen-bond acceptors (Lipinski definition) is 1. The second-order valence-electron chi connectivity index (χ2n) is 8.45. The molecular weight excluding hydrogens is 350 g/mol. The Bertz CT molecular complexity index is 1180. The molecule has 0 radical (unpaired) electrons. The highest BCUT2D eigenvalue weighted by Crippen LogP contribution is 2.50. The molecule has 4 aromatic rings. The standard InChI is InChI=1S/C28H25N/c1-19-8-7-11-25-27(19)24-17-16-23(18-26(24)28(25,2)3)29-22-14-12-21(13-15-22)20-9-5-4-6-10-20/h4-18,29H,1-3H3. The van der Waals surface area contributed by atoms with Crippen LogP contribution in [0.1, 0.15) is 30.5 Å². The molecule has 29 heavy (non-hydrogen) atoms. The summed E-state index contributed by atoms with van der Waals surface area (Å²) in [7, 11) is 0. The largest absolute Gasteiger partial charge is 0.356 e. The number of aryl methyl sites for hydroxylation is 1. The summed E-state index contributed by atoms with van der Waals surface area (Å²) in [5, 5.41) is 3.59. The molecule has 0 bridgehead atoms. The van der Waals surface area contributed by atoms with Crippen LogP contribution in [0, 0.1) is 6.92 Å². The predicted octanol–water partition coefficient (Wildman–Crippen LogP) is 7.71. The predicted molar refractivity (Wildman–Crippen MR) is 124 cm³/mol. The minimum absolute atomic E-state index is 0.0194. The summed E-state index contributed by atoms with van der Waals surface area (Å²) >= 11 is 0. The van der Waals surface area contributed by atoms with Crippen LogP contribution in [0.4, 0.5) is 11.4 Å². The Kier molecular flexibility index (Phi) is 4.06. The molecule has 1 aliphatic carbocycles. The summed E-state index contributed by atoms with van der Waals surface area (Å²) in [4.78, 5) is 0. The Morgan fingerprint density at radius 2 is 1.31 bits per heavy atom. The van der Waals surface area contributed by atoms with Crippen molar-refractivity contribution in [2.45, 2.75) is 26.2 Å². The van der Waals surface area contributed by atoms with Gasteiger partial charge in [-0.15, -0.1) is 0 Å². The number of rotatable bonds is 3. The molecule has 0 aromatic heterocycles. The van der Waals surface area contributed by atoms with E-state index in [-0.39, 0.29) is 5.41 Å². The second kappa shape index (κ2) is 6.63. The molecule has 0 saturated heterocycles. The zero-order chi connectivity index (χ0) is 20.0. The third-order valence-corrected chi connectivity index (χ3v) is 6.19. The average Bonchev–Trinajstić information content (AvgIpc) is 2.97. The molecule has 0 fully saturated rings. The van der Waals surface area contributed by atoms with E-state index in [9.17, 15) is 0 Å². The number of hydrogen-bond donors (Lipinski definition) is 1. The van der Waals surface area contributed by atoms with Gasteiger partial charge in [-0.3, -0.25) is 0 Å². The molecule has 1 aliphatic rings. The van der Waals surface area contributed by atoms with Gasteiger partial charge in [-0.25, -0.2) is 0 Å². The minimum Gasteiger partial charge on any atom is -0.356 e. The molecule has 1 N–H and O–H groups in total. The molecule has 0 heterocycles. The highest BCUT2D eigenvalue weighted by molar-refractivity contribution is 5.85. The summed E-state index contributed by atoms with van der Waals surface area (Å²) < 4.78 is 0. The van der Waals surface area contributed by atoms with Gasteiger partial charge in [0.05, 0.1) is 0 Å². The lowest BCUT2D eigenvalue weighted by Gasteiger charge is -2.22. The van der Waals surface area contributed by atoms with Crippen molar-refractivity contribution in [3.05, 3.63) is 108 Å². The van der Waals surface area contributed by atoms with Crippen molar-refractivity contribution in [3.63, 3.8) is 0 Å². The molecule has 0 amide bonds. The number of nitrogens with one attached hydrogen (secondary N) is 1. The topological polar surface area (TPSA) is 12.0 Å². The van der Waals surface area contributed by atoms with Crippen LogP contribution in [0.5, 0.6) is 0 Å². The van der Waals surface area contributed by atoms with Gasteiger partial charge >= 0.3 is 0 Å². The first-order valence-electron chi connectivity index (χ1n) is 10.2. The highest BCUT2D eigenvalue weighted by Gasteiger charge is 2.36. The van der Waals surface area contributed by atoms with Crippen LogP contribution in [0.25, 0.3) is 22.3 Å². The van der Waals surface area contributed by atoms with E-state index in [0.29, 0.717) is 0 Å². The van der Waals surface area contributed by atoms with Crippen molar-refractivity contribution in [2.75, 3.05) is 5.32 Å². The van der Waals surface area contributed by atoms with Gasteiger partial charge in [0.1, 0.15) is 0 Å². The maximum atomic E-state index is 3.59. The van der Waals surface area contributed by atoms with Gasteiger partial charge < -0.3 is 5.32 Å². The normalized spacial score (nSPS) is 13.6. The van der Waals surface area contributed by atoms with Crippen molar-refractivity contribution in [1.82, 2.24) is 0 Å². The van der Waals surface area contributed by atoms with Crippen molar-refractivity contribution in [2.24, 2.45) is 0 Å². The van der Waals surface area contributed by atoms with E-state index in [1.54, 1.807) is 0 Å². The third-order valence-electron chi connectivity index (χ3n) is 6.19. The Morgan fingerprint density at radius 1 is 0.621 bits per heavy atom. The van der Waals surface area contributed by atoms with E-state index in [1.165, 1.54) is 38.9 Å². The SMILES string of the molecule is Cc1cccc2c1-c1ccc(Nc3ccc(-c4ccccc4)cc3)cc1C2(C)C. The van der Waals surface area contributed by atoms with Crippen molar-refractivity contribution in [1.29, 1.82) is 0 Å². The summed E-state index contributed by atoms with van der Waals surface area (Å²) in [5.41, 5.74) is 11.7. The van der Waals surface area contributed by atoms with E-state index < -0.39 is 0 Å². The van der Waals surface area contributed by atoms with Crippen LogP contribution in [-0.2, 0) is 5.41 Å². The molecule has 0 atom stereocenters. The van der Waals surface area contributed by atoms with Gasteiger partial charge in [-0.05, 0) is 70.1 Å². The van der Waals surface area contributed by atoms with Gasteiger partial charge in [0.15, 0.2) is 0 Å². The Balaban J connectivity index is 1.46. The average molecular weight is 376 g/mol. The first-order chi connectivity index (χ1) is 14.0. The maximum Gasteiger partial charge on any atom is 0.0387 e. The molecule has 4 aromatic carbocycles. The molecule has 0 aliphatic heterocycles. The number of fused-ring (bicyclic) bond motifs is 3. The monoisotopic (exact) mass is 375 g/mol. The van der Waals surface area contributed by atoms with E-state index in [2.05, 4.69) is 117 Å². The second-order valence-corrected chi connectivity index (χ2v) is 8.45. The van der Waals surface area contributed by atoms with E-state index in [0.717, 1.165) is 11.4 Å². The quantitative estimate of drug-likeness (QED) is 0.386. The molecule has 0 saturated carbocycles. The van der Waals surface area contributed by atoms with E-state index in [1.807, 2.05) is 0 Å². The summed E-state index contributed by atoms with van der Waals surface area (Å²) in [6, 6.07) is 32.6. The molecule has 0 unspecified atom stereocenters. The van der Waals surface area contributed by atoms with Gasteiger partial charge in [0, 0.05) is 16.8 Å². The smallest absolute Gasteiger partial charge is 0.0387 e. The Labute approximate surface area is 173 Å². The van der Waals surface area contributed by atoms with Crippen molar-refractivity contribution in [3.8, 4) is 22.3 Å². The Morgan fingerprint density at radius 3 is 2.07 bits per heavy atom. The van der Waals surface area contributed by atoms with Crippen LogP contribution in [0.2, 0.25) is 0 Å². The minimum atomic E-state index is 0.0194. The fourth-order valence-electron chi connectivity index (χ4n) is 4.59. The Hall–Kier alpha value is -3.32. The maximum absolute atomic E-state index is 3.59. The van der Waals surface area contributed by atoms with E-state index >= 15 is 0 Å². The molecule has 1 heteroatoms. The fraction of sp³-hybridized carbons (Fsp3) is 0.143. The molecule has 0 spiro atoms. The van der Waals surface area contributed by atoms with Gasteiger partial charge in [-0.1, -0.05) is 80.6 Å². The van der Waals surface area contributed by atoms with Crippen LogP contribution in [-0.4, -0.2) is 0 Å². The van der Waals surface area contributed by atoms with Crippen LogP contribution in [0.15, 0.2) is 91.0 Å². The van der Waals surface area contributed by atoms with Crippen LogP contribution in [0.3, 0.4) is 0 Å². The van der Waals surface area contributed by atoms with Crippen molar-refractivity contribution >= 4 is 11.4 Å². The lowest BCUT2D eigenvalue weighted by Crippen LogP contribution is -2.15. The van der Waals surface area contributed by atoms with Crippen molar-refractivity contribution < 1.29 is 0 Å².